The van der Waals surface area contributed by atoms with Gasteiger partial charge in [-0.2, -0.15) is 8.42 Å². The summed E-state index contributed by atoms with van der Waals surface area (Å²) in [4.78, 5) is 3.64. The van der Waals surface area contributed by atoms with Gasteiger partial charge in [-0.3, -0.25) is 0 Å². The number of aryl methyl sites for hydroxylation is 1. The quantitative estimate of drug-likeness (QED) is 0.609. The maximum Gasteiger partial charge on any atom is 0.309 e. The Labute approximate surface area is 63.9 Å². The van der Waals surface area contributed by atoms with Crippen LogP contribution in [-0.2, 0) is 23.0 Å². The molecule has 1 aromatic heterocycles. The van der Waals surface area contributed by atoms with Crippen LogP contribution < -0.4 is 0 Å². The second-order valence-electron chi connectivity index (χ2n) is 2.14. The Kier molecular flexibility index (Phi) is 1.95. The van der Waals surface area contributed by atoms with Crippen LogP contribution >= 0.6 is 0 Å². The number of halogens is 1. The van der Waals surface area contributed by atoms with Crippen molar-refractivity contribution in [2.45, 2.75) is 5.75 Å². The summed E-state index contributed by atoms with van der Waals surface area (Å²) < 4.78 is 33.8. The van der Waals surface area contributed by atoms with Crippen LogP contribution in [-0.4, -0.2) is 18.0 Å². The molecule has 0 fully saturated rings. The zero-order chi connectivity index (χ0) is 8.48. The lowest BCUT2D eigenvalue weighted by molar-refractivity contribution is 0.548. The fraction of sp³-hybridized carbons (Fsp3) is 0.400. The maximum atomic E-state index is 12.1. The molecule has 0 saturated carbocycles. The van der Waals surface area contributed by atoms with Crippen molar-refractivity contribution in [3.63, 3.8) is 0 Å². The van der Waals surface area contributed by atoms with E-state index in [9.17, 15) is 12.3 Å². The minimum Gasteiger partial charge on any atom is -0.337 e. The van der Waals surface area contributed by atoms with Crippen molar-refractivity contribution >= 4 is 10.2 Å². The Morgan fingerprint density at radius 1 is 1.73 bits per heavy atom. The van der Waals surface area contributed by atoms with Crippen LogP contribution in [0.5, 0.6) is 0 Å². The highest BCUT2D eigenvalue weighted by Crippen LogP contribution is 2.03. The zero-order valence-corrected chi connectivity index (χ0v) is 6.68. The highest BCUT2D eigenvalue weighted by molar-refractivity contribution is 7.85. The van der Waals surface area contributed by atoms with E-state index in [0.29, 0.717) is 0 Å². The van der Waals surface area contributed by atoms with E-state index in [2.05, 4.69) is 4.98 Å². The summed E-state index contributed by atoms with van der Waals surface area (Å²) in [5.74, 6) is -0.455. The number of hydrogen-bond donors (Lipinski definition) is 0. The van der Waals surface area contributed by atoms with E-state index in [0.717, 1.165) is 0 Å². The van der Waals surface area contributed by atoms with Gasteiger partial charge in [0.05, 0.1) is 0 Å². The van der Waals surface area contributed by atoms with Gasteiger partial charge < -0.3 is 4.57 Å². The van der Waals surface area contributed by atoms with Crippen LogP contribution in [0, 0.1) is 0 Å². The van der Waals surface area contributed by atoms with E-state index < -0.39 is 16.0 Å². The van der Waals surface area contributed by atoms with Crippen molar-refractivity contribution in [2.75, 3.05) is 0 Å². The Morgan fingerprint density at radius 3 is 2.73 bits per heavy atom. The second-order valence-corrected chi connectivity index (χ2v) is 3.50. The van der Waals surface area contributed by atoms with Gasteiger partial charge in [0.2, 0.25) is 0 Å². The van der Waals surface area contributed by atoms with Crippen molar-refractivity contribution < 1.29 is 12.3 Å². The molecule has 0 atom stereocenters. The first-order valence-corrected chi connectivity index (χ1v) is 4.43. The van der Waals surface area contributed by atoms with Gasteiger partial charge in [0.1, 0.15) is 11.6 Å². The molecule has 0 amide bonds. The van der Waals surface area contributed by atoms with Crippen molar-refractivity contribution in [1.82, 2.24) is 9.55 Å². The third-order valence-corrected chi connectivity index (χ3v) is 1.83. The second kappa shape index (κ2) is 2.61. The normalized spacial score (nSPS) is 11.8. The minimum absolute atomic E-state index is 0.201. The predicted molar refractivity (Wildman–Crippen MR) is 36.9 cm³/mol. The standard InChI is InChI=1S/C5H7FN2O2S/c1-8-3-2-7-5(8)4-11(6,9)10/h2-3H,4H2,1H3. The van der Waals surface area contributed by atoms with E-state index in [-0.39, 0.29) is 5.82 Å². The number of imidazole rings is 1. The van der Waals surface area contributed by atoms with Gasteiger partial charge in [0.15, 0.2) is 0 Å². The molecule has 11 heavy (non-hydrogen) atoms. The minimum atomic E-state index is -4.45. The predicted octanol–water partition coefficient (Wildman–Crippen LogP) is 0.219. The third kappa shape index (κ3) is 2.30. The largest absolute Gasteiger partial charge is 0.337 e. The highest BCUT2D eigenvalue weighted by Gasteiger charge is 2.11. The molecule has 0 aromatic carbocycles. The number of hydrogen-bond acceptors (Lipinski definition) is 3. The van der Waals surface area contributed by atoms with Crippen LogP contribution in [0.2, 0.25) is 0 Å². The average molecular weight is 178 g/mol. The Morgan fingerprint density at radius 2 is 2.36 bits per heavy atom. The molecular formula is C5H7FN2O2S. The van der Waals surface area contributed by atoms with Gasteiger partial charge in [0.25, 0.3) is 0 Å². The first kappa shape index (κ1) is 8.19. The molecule has 0 spiro atoms. The number of nitrogens with zero attached hydrogens (tertiary/aromatic N) is 2. The van der Waals surface area contributed by atoms with Gasteiger partial charge in [-0.1, -0.05) is 0 Å². The van der Waals surface area contributed by atoms with E-state index >= 15 is 0 Å². The van der Waals surface area contributed by atoms with E-state index in [4.69, 9.17) is 0 Å². The van der Waals surface area contributed by atoms with Gasteiger partial charge in [-0.25, -0.2) is 4.98 Å². The molecule has 0 saturated heterocycles. The molecule has 0 aliphatic rings. The molecule has 0 aliphatic carbocycles. The lowest BCUT2D eigenvalue weighted by Crippen LogP contribution is -2.03. The summed E-state index contributed by atoms with van der Waals surface area (Å²) >= 11 is 0. The van der Waals surface area contributed by atoms with Gasteiger partial charge in [0, 0.05) is 19.4 Å². The summed E-state index contributed by atoms with van der Waals surface area (Å²) in [5.41, 5.74) is 0. The van der Waals surface area contributed by atoms with Gasteiger partial charge in [-0.05, 0) is 0 Å². The van der Waals surface area contributed by atoms with Crippen LogP contribution in [0.3, 0.4) is 0 Å². The molecular weight excluding hydrogens is 171 g/mol. The third-order valence-electron chi connectivity index (χ3n) is 1.22. The van der Waals surface area contributed by atoms with E-state index in [1.54, 1.807) is 13.2 Å². The lowest BCUT2D eigenvalue weighted by atomic mass is 10.7. The molecule has 0 aliphatic heterocycles. The summed E-state index contributed by atoms with van der Waals surface area (Å²) in [6.07, 6.45) is 2.97. The van der Waals surface area contributed by atoms with E-state index in [1.165, 1.54) is 10.8 Å². The first-order valence-electron chi connectivity index (χ1n) is 2.87. The fourth-order valence-corrected chi connectivity index (χ4v) is 1.28. The maximum absolute atomic E-state index is 12.1. The van der Waals surface area contributed by atoms with Crippen LogP contribution in [0.1, 0.15) is 5.82 Å². The van der Waals surface area contributed by atoms with E-state index in [1.807, 2.05) is 0 Å². The summed E-state index contributed by atoms with van der Waals surface area (Å²) in [5, 5.41) is 0. The van der Waals surface area contributed by atoms with Gasteiger partial charge in [-0.15, -0.1) is 3.89 Å². The Balaban J connectivity index is 2.89. The molecule has 6 heteroatoms. The molecule has 0 unspecified atom stereocenters. The monoisotopic (exact) mass is 178 g/mol. The fourth-order valence-electron chi connectivity index (χ4n) is 0.690. The molecule has 1 aromatic rings. The van der Waals surface area contributed by atoms with Crippen LogP contribution in [0.4, 0.5) is 3.89 Å². The smallest absolute Gasteiger partial charge is 0.309 e. The average Bonchev–Trinajstić information content (AvgIpc) is 2.12. The molecule has 4 nitrogen and oxygen atoms in total. The van der Waals surface area contributed by atoms with Crippen molar-refractivity contribution in [1.29, 1.82) is 0 Å². The summed E-state index contributed by atoms with van der Waals surface area (Å²) in [6.45, 7) is 0. The van der Waals surface area contributed by atoms with Crippen molar-refractivity contribution in [2.24, 2.45) is 7.05 Å². The molecule has 62 valence electrons. The van der Waals surface area contributed by atoms with Crippen LogP contribution in [0.15, 0.2) is 12.4 Å². The molecule has 0 bridgehead atoms. The first-order chi connectivity index (χ1) is 4.99. The molecule has 1 rings (SSSR count). The number of aromatic nitrogens is 2. The number of rotatable bonds is 2. The lowest BCUT2D eigenvalue weighted by Gasteiger charge is -1.95. The Bertz CT molecular complexity index is 343. The molecule has 1 heterocycles. The van der Waals surface area contributed by atoms with Crippen molar-refractivity contribution in [3.05, 3.63) is 18.2 Å². The Hall–Kier alpha value is -0.910. The van der Waals surface area contributed by atoms with Gasteiger partial charge >= 0.3 is 10.2 Å². The summed E-state index contributed by atoms with van der Waals surface area (Å²) in [7, 11) is -2.85. The zero-order valence-electron chi connectivity index (χ0n) is 5.86. The molecule has 0 N–H and O–H groups in total. The highest BCUT2D eigenvalue weighted by atomic mass is 32.3. The summed E-state index contributed by atoms with van der Waals surface area (Å²) in [6, 6.07) is 0. The van der Waals surface area contributed by atoms with Crippen molar-refractivity contribution in [3.8, 4) is 0 Å². The topological polar surface area (TPSA) is 52.0 Å². The SMILES string of the molecule is Cn1ccnc1CS(=O)(=O)F. The molecule has 0 radical (unpaired) electrons. The van der Waals surface area contributed by atoms with Crippen LogP contribution in [0.25, 0.3) is 0 Å².